The van der Waals surface area contributed by atoms with Gasteiger partial charge in [0.25, 0.3) is 5.91 Å². The van der Waals surface area contributed by atoms with Gasteiger partial charge in [0, 0.05) is 23.9 Å². The summed E-state index contributed by atoms with van der Waals surface area (Å²) in [5.41, 5.74) is 1.84. The Hall–Kier alpha value is -4.14. The summed E-state index contributed by atoms with van der Waals surface area (Å²) in [6, 6.07) is 12.3. The van der Waals surface area contributed by atoms with Crippen molar-refractivity contribution in [3.63, 3.8) is 0 Å². The number of anilines is 1. The standard InChI is InChI=1S/C26H30N4O5/c1-16(2)17-6-8-18(9-7-17)23(31)28-14-26(3,4)30-25(33)24(32)29-19-10-11-20(21(12-19)34-5)22-13-27-15-35-22/h6-13,15-16H,14H2,1-5H3,(H,28,31)(H,29,32)(H,30,33). The van der Waals surface area contributed by atoms with E-state index in [-0.39, 0.29) is 12.5 Å². The molecule has 0 unspecified atom stereocenters. The fourth-order valence-electron chi connectivity index (χ4n) is 3.34. The van der Waals surface area contributed by atoms with Gasteiger partial charge in [-0.3, -0.25) is 14.4 Å². The Morgan fingerprint density at radius 1 is 1.06 bits per heavy atom. The number of ether oxygens (including phenoxy) is 1. The summed E-state index contributed by atoms with van der Waals surface area (Å²) in [6.45, 7) is 7.74. The summed E-state index contributed by atoms with van der Waals surface area (Å²) in [6.07, 6.45) is 2.85. The van der Waals surface area contributed by atoms with Gasteiger partial charge in [0.05, 0.1) is 24.4 Å². The van der Waals surface area contributed by atoms with Crippen molar-refractivity contribution >= 4 is 23.4 Å². The second kappa shape index (κ2) is 10.9. The molecule has 0 atom stereocenters. The average molecular weight is 479 g/mol. The lowest BCUT2D eigenvalue weighted by atomic mass is 10.0. The highest BCUT2D eigenvalue weighted by molar-refractivity contribution is 6.39. The molecule has 3 amide bonds. The van der Waals surface area contributed by atoms with Gasteiger partial charge in [-0.25, -0.2) is 4.98 Å². The molecule has 3 N–H and O–H groups in total. The Balaban J connectivity index is 1.56. The van der Waals surface area contributed by atoms with Gasteiger partial charge in [0.15, 0.2) is 12.2 Å². The van der Waals surface area contributed by atoms with Crippen LogP contribution in [0, 0.1) is 0 Å². The van der Waals surface area contributed by atoms with Crippen LogP contribution < -0.4 is 20.7 Å². The molecule has 2 aromatic carbocycles. The minimum Gasteiger partial charge on any atom is -0.496 e. The quantitative estimate of drug-likeness (QED) is 0.424. The molecule has 0 saturated heterocycles. The van der Waals surface area contributed by atoms with Crippen LogP contribution in [0.4, 0.5) is 5.69 Å². The van der Waals surface area contributed by atoms with Gasteiger partial charge >= 0.3 is 11.8 Å². The molecular formula is C26H30N4O5. The maximum atomic E-state index is 12.5. The Labute approximate surface area is 204 Å². The third-order valence-electron chi connectivity index (χ3n) is 5.35. The van der Waals surface area contributed by atoms with Crippen LogP contribution in [0.25, 0.3) is 11.3 Å². The van der Waals surface area contributed by atoms with Gasteiger partial charge in [-0.1, -0.05) is 26.0 Å². The molecule has 0 saturated carbocycles. The zero-order valence-electron chi connectivity index (χ0n) is 20.5. The first-order valence-corrected chi connectivity index (χ1v) is 11.2. The molecule has 3 aromatic rings. The predicted octanol–water partition coefficient (Wildman–Crippen LogP) is 3.74. The lowest BCUT2D eigenvalue weighted by Crippen LogP contribution is -2.54. The largest absolute Gasteiger partial charge is 0.496 e. The van der Waals surface area contributed by atoms with Gasteiger partial charge in [0.1, 0.15) is 5.75 Å². The number of nitrogens with zero attached hydrogens (tertiary/aromatic N) is 1. The molecule has 0 aliphatic rings. The van der Waals surface area contributed by atoms with E-state index in [4.69, 9.17) is 9.15 Å². The van der Waals surface area contributed by atoms with Crippen LogP contribution >= 0.6 is 0 Å². The number of nitrogens with one attached hydrogen (secondary N) is 3. The van der Waals surface area contributed by atoms with Crippen LogP contribution in [0.2, 0.25) is 0 Å². The molecule has 0 radical (unpaired) electrons. The van der Waals surface area contributed by atoms with Gasteiger partial charge in [0.2, 0.25) is 0 Å². The van der Waals surface area contributed by atoms with Crippen molar-refractivity contribution in [3.05, 3.63) is 66.2 Å². The third-order valence-corrected chi connectivity index (χ3v) is 5.35. The molecule has 184 valence electrons. The van der Waals surface area contributed by atoms with E-state index in [0.717, 1.165) is 5.56 Å². The smallest absolute Gasteiger partial charge is 0.313 e. The Kier molecular flexibility index (Phi) is 7.91. The van der Waals surface area contributed by atoms with E-state index < -0.39 is 17.4 Å². The number of rotatable bonds is 8. The first-order chi connectivity index (χ1) is 16.6. The van der Waals surface area contributed by atoms with E-state index in [0.29, 0.717) is 34.2 Å². The fourth-order valence-corrected chi connectivity index (χ4v) is 3.34. The zero-order chi connectivity index (χ0) is 25.6. The predicted molar refractivity (Wildman–Crippen MR) is 132 cm³/mol. The molecule has 0 fully saturated rings. The Morgan fingerprint density at radius 3 is 2.37 bits per heavy atom. The lowest BCUT2D eigenvalue weighted by Gasteiger charge is -2.26. The van der Waals surface area contributed by atoms with E-state index >= 15 is 0 Å². The third kappa shape index (κ3) is 6.69. The maximum Gasteiger partial charge on any atom is 0.313 e. The zero-order valence-corrected chi connectivity index (χ0v) is 20.5. The van der Waals surface area contributed by atoms with Gasteiger partial charge < -0.3 is 25.1 Å². The van der Waals surface area contributed by atoms with Crippen molar-refractivity contribution in [3.8, 4) is 17.1 Å². The van der Waals surface area contributed by atoms with Crippen LogP contribution in [0.1, 0.15) is 49.5 Å². The minimum atomic E-state index is -0.865. The van der Waals surface area contributed by atoms with E-state index in [2.05, 4.69) is 34.8 Å². The van der Waals surface area contributed by atoms with Crippen molar-refractivity contribution in [1.82, 2.24) is 15.6 Å². The normalized spacial score (nSPS) is 11.1. The molecule has 35 heavy (non-hydrogen) atoms. The van der Waals surface area contributed by atoms with Crippen LogP contribution in [0.5, 0.6) is 5.75 Å². The molecular weight excluding hydrogens is 448 g/mol. The molecule has 9 heteroatoms. The Morgan fingerprint density at radius 2 is 1.77 bits per heavy atom. The number of carbonyl (C=O) groups is 3. The minimum absolute atomic E-state index is 0.135. The van der Waals surface area contributed by atoms with E-state index in [1.54, 1.807) is 50.4 Å². The number of hydrogen-bond acceptors (Lipinski definition) is 6. The van der Waals surface area contributed by atoms with Crippen molar-refractivity contribution < 1.29 is 23.5 Å². The fraction of sp³-hybridized carbons (Fsp3) is 0.308. The van der Waals surface area contributed by atoms with Crippen molar-refractivity contribution in [2.45, 2.75) is 39.2 Å². The first kappa shape index (κ1) is 25.5. The SMILES string of the molecule is COc1cc(NC(=O)C(=O)NC(C)(C)CNC(=O)c2ccc(C(C)C)cc2)ccc1-c1cnco1. The number of methoxy groups -OCH3 is 1. The molecule has 3 rings (SSSR count). The average Bonchev–Trinajstić information content (AvgIpc) is 3.37. The van der Waals surface area contributed by atoms with Gasteiger partial charge in [-0.2, -0.15) is 0 Å². The van der Waals surface area contributed by atoms with Crippen molar-refractivity contribution in [2.75, 3.05) is 19.0 Å². The van der Waals surface area contributed by atoms with Crippen molar-refractivity contribution in [2.24, 2.45) is 0 Å². The van der Waals surface area contributed by atoms with Crippen molar-refractivity contribution in [1.29, 1.82) is 0 Å². The highest BCUT2D eigenvalue weighted by Gasteiger charge is 2.25. The molecule has 9 nitrogen and oxygen atoms in total. The summed E-state index contributed by atoms with van der Waals surface area (Å²) in [7, 11) is 1.49. The van der Waals surface area contributed by atoms with Gasteiger partial charge in [-0.05, 0) is 49.6 Å². The highest BCUT2D eigenvalue weighted by atomic mass is 16.5. The summed E-state index contributed by atoms with van der Waals surface area (Å²) < 4.78 is 10.6. The summed E-state index contributed by atoms with van der Waals surface area (Å²) in [4.78, 5) is 41.3. The Bertz CT molecular complexity index is 1180. The molecule has 1 heterocycles. The summed E-state index contributed by atoms with van der Waals surface area (Å²) in [5, 5.41) is 8.00. The number of carbonyl (C=O) groups excluding carboxylic acids is 3. The van der Waals surface area contributed by atoms with Crippen LogP contribution in [-0.2, 0) is 9.59 Å². The second-order valence-corrected chi connectivity index (χ2v) is 9.03. The second-order valence-electron chi connectivity index (χ2n) is 9.03. The summed E-state index contributed by atoms with van der Waals surface area (Å²) in [5.74, 6) is -0.598. The maximum absolute atomic E-state index is 12.5. The number of aromatic nitrogens is 1. The number of benzene rings is 2. The number of amides is 3. The van der Waals surface area contributed by atoms with Gasteiger partial charge in [-0.15, -0.1) is 0 Å². The lowest BCUT2D eigenvalue weighted by molar-refractivity contribution is -0.137. The molecule has 0 bridgehead atoms. The molecule has 1 aromatic heterocycles. The van der Waals surface area contributed by atoms with E-state index in [1.807, 2.05) is 12.1 Å². The molecule has 0 spiro atoms. The molecule has 0 aliphatic carbocycles. The number of oxazole rings is 1. The first-order valence-electron chi connectivity index (χ1n) is 11.2. The highest BCUT2D eigenvalue weighted by Crippen LogP contribution is 2.32. The van der Waals surface area contributed by atoms with Crippen LogP contribution in [0.3, 0.4) is 0 Å². The number of hydrogen-bond donors (Lipinski definition) is 3. The van der Waals surface area contributed by atoms with Crippen LogP contribution in [-0.4, -0.2) is 41.9 Å². The van der Waals surface area contributed by atoms with Crippen LogP contribution in [0.15, 0.2) is 59.5 Å². The summed E-state index contributed by atoms with van der Waals surface area (Å²) >= 11 is 0. The topological polar surface area (TPSA) is 123 Å². The molecule has 0 aliphatic heterocycles. The monoisotopic (exact) mass is 478 g/mol. The van der Waals surface area contributed by atoms with E-state index in [9.17, 15) is 14.4 Å². The van der Waals surface area contributed by atoms with E-state index in [1.165, 1.54) is 13.5 Å².